The number of amides is 2. The molecule has 1 aliphatic rings. The van der Waals surface area contributed by atoms with Crippen LogP contribution < -0.4 is 10.2 Å². The Hall–Kier alpha value is -2.34. The first-order chi connectivity index (χ1) is 12.8. The molecule has 2 aromatic carbocycles. The molecule has 0 unspecified atom stereocenters. The number of rotatable bonds is 4. The summed E-state index contributed by atoms with van der Waals surface area (Å²) in [6.45, 7) is 6.09. The lowest BCUT2D eigenvalue weighted by atomic mass is 10.1. The summed E-state index contributed by atoms with van der Waals surface area (Å²) >= 11 is 1.65. The summed E-state index contributed by atoms with van der Waals surface area (Å²) in [5, 5.41) is 2.85. The first kappa shape index (κ1) is 19.4. The Kier molecular flexibility index (Phi) is 5.56. The number of halogens is 1. The van der Waals surface area contributed by atoms with Gasteiger partial charge in [0.05, 0.1) is 5.69 Å². The highest BCUT2D eigenvalue weighted by atomic mass is 32.2. The number of para-hydroxylation sites is 1. The van der Waals surface area contributed by atoms with E-state index in [1.807, 2.05) is 38.1 Å². The molecule has 0 saturated heterocycles. The van der Waals surface area contributed by atoms with Crippen molar-refractivity contribution in [3.05, 3.63) is 59.9 Å². The third-order valence-electron chi connectivity index (χ3n) is 4.50. The molecule has 0 bridgehead atoms. The number of fused-ring (bicyclic) bond motifs is 1. The van der Waals surface area contributed by atoms with Gasteiger partial charge in [0.1, 0.15) is 11.9 Å². The average Bonchev–Trinajstić information content (AvgIpc) is 2.71. The van der Waals surface area contributed by atoms with Gasteiger partial charge in [0.2, 0.25) is 11.8 Å². The lowest BCUT2D eigenvalue weighted by Gasteiger charge is -2.28. The van der Waals surface area contributed by atoms with Crippen molar-refractivity contribution in [1.82, 2.24) is 5.32 Å². The topological polar surface area (TPSA) is 49.4 Å². The van der Waals surface area contributed by atoms with Gasteiger partial charge in [0, 0.05) is 22.6 Å². The van der Waals surface area contributed by atoms with E-state index in [2.05, 4.69) is 5.32 Å². The fraction of sp³-hybridized carbons (Fsp3) is 0.333. The number of nitrogens with one attached hydrogen (secondary N) is 1. The quantitative estimate of drug-likeness (QED) is 0.859. The van der Waals surface area contributed by atoms with Crippen LogP contribution >= 0.6 is 11.8 Å². The average molecular weight is 386 g/mol. The van der Waals surface area contributed by atoms with Crippen LogP contribution in [0.3, 0.4) is 0 Å². The molecule has 142 valence electrons. The number of hydrogen-bond acceptors (Lipinski definition) is 3. The van der Waals surface area contributed by atoms with Crippen LogP contribution in [0.1, 0.15) is 32.8 Å². The van der Waals surface area contributed by atoms with Gasteiger partial charge in [-0.05, 0) is 50.6 Å². The third-order valence-corrected chi connectivity index (χ3v) is 5.77. The van der Waals surface area contributed by atoms with E-state index in [0.29, 0.717) is 6.42 Å². The smallest absolute Gasteiger partial charge is 0.243 e. The molecule has 6 heteroatoms. The lowest BCUT2D eigenvalue weighted by Crippen LogP contribution is -2.48. The monoisotopic (exact) mass is 386 g/mol. The molecule has 1 aliphatic heterocycles. The Balaban J connectivity index is 1.79. The number of thioether (sulfide) groups is 1. The predicted molar refractivity (Wildman–Crippen MR) is 106 cm³/mol. The van der Waals surface area contributed by atoms with Crippen molar-refractivity contribution in [3.8, 4) is 0 Å². The number of carbonyl (C=O) groups excluding carboxylic acids is 2. The van der Waals surface area contributed by atoms with Gasteiger partial charge in [-0.3, -0.25) is 14.5 Å². The van der Waals surface area contributed by atoms with Crippen LogP contribution in [0.15, 0.2) is 53.4 Å². The standard InChI is InChI=1S/C21H23FN2O2S/c1-14(20(26)23-13-15-8-10-16(22)11-9-15)24-17-6-4-5-7-18(17)27-21(2,3)12-19(24)25/h4-11,14H,12-13H2,1-3H3,(H,23,26)/t14-/m0/s1. The van der Waals surface area contributed by atoms with Gasteiger partial charge in [-0.15, -0.1) is 11.8 Å². The highest BCUT2D eigenvalue weighted by Gasteiger charge is 2.37. The normalized spacial score (nSPS) is 17.0. The molecule has 2 aromatic rings. The van der Waals surface area contributed by atoms with E-state index in [4.69, 9.17) is 0 Å². The Bertz CT molecular complexity index is 852. The SMILES string of the molecule is C[C@@H](C(=O)NCc1ccc(F)cc1)N1C(=O)CC(C)(C)Sc2ccccc21. The zero-order valence-corrected chi connectivity index (χ0v) is 16.5. The third kappa shape index (κ3) is 4.50. The van der Waals surface area contributed by atoms with E-state index < -0.39 is 6.04 Å². The zero-order chi connectivity index (χ0) is 19.6. The summed E-state index contributed by atoms with van der Waals surface area (Å²) in [5.74, 6) is -0.626. The summed E-state index contributed by atoms with van der Waals surface area (Å²) in [4.78, 5) is 28.3. The molecule has 0 spiro atoms. The van der Waals surface area contributed by atoms with Gasteiger partial charge in [-0.1, -0.05) is 24.3 Å². The molecular formula is C21H23FN2O2S. The molecule has 0 aliphatic carbocycles. The predicted octanol–water partition coefficient (Wildman–Crippen LogP) is 4.14. The minimum Gasteiger partial charge on any atom is -0.350 e. The largest absolute Gasteiger partial charge is 0.350 e. The van der Waals surface area contributed by atoms with Gasteiger partial charge in [0.25, 0.3) is 0 Å². The fourth-order valence-corrected chi connectivity index (χ4v) is 4.35. The van der Waals surface area contributed by atoms with E-state index in [-0.39, 0.29) is 28.9 Å². The first-order valence-electron chi connectivity index (χ1n) is 8.89. The van der Waals surface area contributed by atoms with Crippen molar-refractivity contribution in [3.63, 3.8) is 0 Å². The van der Waals surface area contributed by atoms with E-state index in [1.165, 1.54) is 12.1 Å². The first-order valence-corrected chi connectivity index (χ1v) is 9.71. The van der Waals surface area contributed by atoms with Crippen molar-refractivity contribution in [2.24, 2.45) is 0 Å². The number of benzene rings is 2. The Morgan fingerprint density at radius 1 is 1.22 bits per heavy atom. The van der Waals surface area contributed by atoms with E-state index >= 15 is 0 Å². The molecule has 0 aromatic heterocycles. The second kappa shape index (κ2) is 7.72. The minimum absolute atomic E-state index is 0.0677. The summed E-state index contributed by atoms with van der Waals surface area (Å²) in [5.41, 5.74) is 1.57. The number of nitrogens with zero attached hydrogens (tertiary/aromatic N) is 1. The number of carbonyl (C=O) groups is 2. The Morgan fingerprint density at radius 2 is 1.89 bits per heavy atom. The highest BCUT2D eigenvalue weighted by Crippen LogP contribution is 2.44. The molecule has 0 saturated carbocycles. The second-order valence-electron chi connectivity index (χ2n) is 7.29. The van der Waals surface area contributed by atoms with E-state index in [1.54, 1.807) is 35.7 Å². The Labute approximate surface area is 163 Å². The molecule has 0 fully saturated rings. The molecule has 1 atom stereocenters. The van der Waals surface area contributed by atoms with Crippen LogP contribution in [0.4, 0.5) is 10.1 Å². The van der Waals surface area contributed by atoms with Crippen LogP contribution in [0, 0.1) is 5.82 Å². The summed E-state index contributed by atoms with van der Waals surface area (Å²) in [6, 6.07) is 13.0. The van der Waals surface area contributed by atoms with Gasteiger partial charge in [0.15, 0.2) is 0 Å². The molecule has 27 heavy (non-hydrogen) atoms. The van der Waals surface area contributed by atoms with Gasteiger partial charge >= 0.3 is 0 Å². The summed E-state index contributed by atoms with van der Waals surface area (Å²) in [7, 11) is 0. The van der Waals surface area contributed by atoms with Crippen LogP contribution in [0.2, 0.25) is 0 Å². The lowest BCUT2D eigenvalue weighted by molar-refractivity contribution is -0.126. The molecule has 0 radical (unpaired) electrons. The van der Waals surface area contributed by atoms with Crippen LogP contribution in [0.25, 0.3) is 0 Å². The molecule has 3 rings (SSSR count). The summed E-state index contributed by atoms with van der Waals surface area (Å²) in [6.07, 6.45) is 0.349. The molecular weight excluding hydrogens is 363 g/mol. The summed E-state index contributed by atoms with van der Waals surface area (Å²) < 4.78 is 12.8. The van der Waals surface area contributed by atoms with Crippen LogP contribution in [-0.2, 0) is 16.1 Å². The highest BCUT2D eigenvalue weighted by molar-refractivity contribution is 8.00. The van der Waals surface area contributed by atoms with E-state index in [9.17, 15) is 14.0 Å². The van der Waals surface area contributed by atoms with Crippen LogP contribution in [0.5, 0.6) is 0 Å². The van der Waals surface area contributed by atoms with Crippen molar-refractivity contribution in [2.75, 3.05) is 4.90 Å². The minimum atomic E-state index is -0.645. The fourth-order valence-electron chi connectivity index (χ4n) is 3.14. The molecule has 4 nitrogen and oxygen atoms in total. The number of hydrogen-bond donors (Lipinski definition) is 1. The van der Waals surface area contributed by atoms with E-state index in [0.717, 1.165) is 16.1 Å². The molecule has 2 amide bonds. The Morgan fingerprint density at radius 3 is 2.59 bits per heavy atom. The number of anilines is 1. The van der Waals surface area contributed by atoms with Crippen molar-refractivity contribution >= 4 is 29.3 Å². The van der Waals surface area contributed by atoms with Crippen molar-refractivity contribution < 1.29 is 14.0 Å². The molecule has 1 N–H and O–H groups in total. The van der Waals surface area contributed by atoms with Crippen molar-refractivity contribution in [1.29, 1.82) is 0 Å². The maximum Gasteiger partial charge on any atom is 0.243 e. The molecule has 1 heterocycles. The van der Waals surface area contributed by atoms with Crippen LogP contribution in [-0.4, -0.2) is 22.6 Å². The van der Waals surface area contributed by atoms with Gasteiger partial charge < -0.3 is 5.32 Å². The van der Waals surface area contributed by atoms with Crippen molar-refractivity contribution in [2.45, 2.75) is 49.4 Å². The van der Waals surface area contributed by atoms with Gasteiger partial charge in [-0.25, -0.2) is 4.39 Å². The zero-order valence-electron chi connectivity index (χ0n) is 15.7. The maximum absolute atomic E-state index is 13.0. The van der Waals surface area contributed by atoms with Gasteiger partial charge in [-0.2, -0.15) is 0 Å². The maximum atomic E-state index is 13.0. The second-order valence-corrected chi connectivity index (χ2v) is 9.04.